The zero-order valence-electron chi connectivity index (χ0n) is 15.4. The summed E-state index contributed by atoms with van der Waals surface area (Å²) in [5, 5.41) is 12.0. The molecule has 2 aromatic rings. The number of anilines is 1. The van der Waals surface area contributed by atoms with Crippen molar-refractivity contribution < 1.29 is 4.92 Å². The number of aryl methyl sites for hydroxylation is 1. The average Bonchev–Trinajstić information content (AvgIpc) is 2.68. The van der Waals surface area contributed by atoms with Crippen LogP contribution in [0.15, 0.2) is 34.2 Å². The van der Waals surface area contributed by atoms with Crippen LogP contribution in [0.5, 0.6) is 0 Å². The summed E-state index contributed by atoms with van der Waals surface area (Å²) in [6.07, 6.45) is 4.27. The Morgan fingerprint density at radius 2 is 1.89 bits per heavy atom. The molecule has 0 saturated carbocycles. The molecule has 0 spiro atoms. The molecule has 8 heteroatoms. The van der Waals surface area contributed by atoms with E-state index in [1.165, 1.54) is 23.4 Å². The van der Waals surface area contributed by atoms with Crippen molar-refractivity contribution in [1.82, 2.24) is 14.9 Å². The molecule has 1 saturated heterocycles. The average molecular weight is 385 g/mol. The van der Waals surface area contributed by atoms with Crippen molar-refractivity contribution in [3.05, 3.63) is 45.6 Å². The molecular formula is C19H23N5O2S. The number of non-ortho nitro benzene ring substituents is 1. The minimum absolute atomic E-state index is 0.113. The number of hydrogen-bond donors (Lipinski definition) is 0. The molecule has 0 amide bonds. The minimum atomic E-state index is -0.352. The first-order valence-corrected chi connectivity index (χ1v) is 10.2. The Morgan fingerprint density at radius 1 is 1.11 bits per heavy atom. The van der Waals surface area contributed by atoms with E-state index in [1.54, 1.807) is 12.1 Å². The minimum Gasteiger partial charge on any atom is -0.338 e. The van der Waals surface area contributed by atoms with Gasteiger partial charge >= 0.3 is 0 Å². The van der Waals surface area contributed by atoms with Crippen LogP contribution in [0.4, 0.5) is 11.6 Å². The van der Waals surface area contributed by atoms with Gasteiger partial charge in [-0.3, -0.25) is 10.1 Å². The Hall–Kier alpha value is -2.19. The summed E-state index contributed by atoms with van der Waals surface area (Å²) in [5.74, 6) is 0.802. The van der Waals surface area contributed by atoms with Gasteiger partial charge in [-0.05, 0) is 38.8 Å². The third-order valence-corrected chi connectivity index (χ3v) is 6.18. The van der Waals surface area contributed by atoms with Gasteiger partial charge in [0.1, 0.15) is 5.03 Å². The maximum Gasteiger partial charge on any atom is 0.270 e. The number of nitrogens with zero attached hydrogens (tertiary/aromatic N) is 5. The summed E-state index contributed by atoms with van der Waals surface area (Å²) in [6, 6.07) is 6.78. The second-order valence-electron chi connectivity index (χ2n) is 7.11. The standard InChI is InChI=1S/C19H23N5O2S/c1-22-9-11-23(12-10-22)19-20-17-8-3-2-7-16(17)18(21-19)27-15-6-4-5-14(13-15)24(25)26/h4-6,13H,2-3,7-12H2,1H3. The van der Waals surface area contributed by atoms with E-state index in [0.29, 0.717) is 0 Å². The lowest BCUT2D eigenvalue weighted by Crippen LogP contribution is -2.45. The Bertz CT molecular complexity index is 852. The highest BCUT2D eigenvalue weighted by Gasteiger charge is 2.23. The molecule has 4 rings (SSSR count). The number of nitro benzene ring substituents is 1. The van der Waals surface area contributed by atoms with Gasteiger partial charge in [-0.2, -0.15) is 0 Å². The maximum absolute atomic E-state index is 11.1. The first kappa shape index (κ1) is 18.2. The molecule has 0 radical (unpaired) electrons. The molecule has 1 aromatic carbocycles. The normalized spacial score (nSPS) is 17.6. The van der Waals surface area contributed by atoms with Crippen molar-refractivity contribution in [3.8, 4) is 0 Å². The maximum atomic E-state index is 11.1. The van der Waals surface area contributed by atoms with Crippen molar-refractivity contribution in [2.45, 2.75) is 35.6 Å². The van der Waals surface area contributed by atoms with E-state index in [1.807, 2.05) is 6.07 Å². The molecule has 1 fully saturated rings. The largest absolute Gasteiger partial charge is 0.338 e. The van der Waals surface area contributed by atoms with Crippen LogP contribution in [-0.2, 0) is 12.8 Å². The van der Waals surface area contributed by atoms with Gasteiger partial charge in [0.2, 0.25) is 5.95 Å². The molecule has 0 N–H and O–H groups in total. The highest BCUT2D eigenvalue weighted by atomic mass is 32.2. The molecule has 0 atom stereocenters. The summed E-state index contributed by atoms with van der Waals surface area (Å²) in [4.78, 5) is 25.9. The fourth-order valence-corrected chi connectivity index (χ4v) is 4.57. The van der Waals surface area contributed by atoms with E-state index in [2.05, 4.69) is 16.8 Å². The molecule has 1 aromatic heterocycles. The predicted molar refractivity (Wildman–Crippen MR) is 106 cm³/mol. The van der Waals surface area contributed by atoms with Crippen LogP contribution in [0.1, 0.15) is 24.1 Å². The van der Waals surface area contributed by atoms with Crippen LogP contribution in [0.3, 0.4) is 0 Å². The van der Waals surface area contributed by atoms with E-state index in [0.717, 1.165) is 73.4 Å². The lowest BCUT2D eigenvalue weighted by molar-refractivity contribution is -0.385. The molecule has 2 heterocycles. The van der Waals surface area contributed by atoms with Gasteiger partial charge in [0.15, 0.2) is 0 Å². The molecular weight excluding hydrogens is 362 g/mol. The number of benzene rings is 1. The summed E-state index contributed by atoms with van der Waals surface area (Å²) >= 11 is 1.52. The number of aromatic nitrogens is 2. The van der Waals surface area contributed by atoms with Gasteiger partial charge in [-0.1, -0.05) is 17.8 Å². The summed E-state index contributed by atoms with van der Waals surface area (Å²) in [7, 11) is 2.13. The molecule has 0 unspecified atom stereocenters. The quantitative estimate of drug-likeness (QED) is 0.454. The van der Waals surface area contributed by atoms with Gasteiger partial charge in [-0.25, -0.2) is 9.97 Å². The molecule has 1 aliphatic carbocycles. The van der Waals surface area contributed by atoms with Crippen LogP contribution >= 0.6 is 11.8 Å². The number of rotatable bonds is 4. The lowest BCUT2D eigenvalue weighted by atomic mass is 9.97. The van der Waals surface area contributed by atoms with Crippen LogP contribution in [-0.4, -0.2) is 53.0 Å². The number of piperazine rings is 1. The first-order chi connectivity index (χ1) is 13.1. The molecule has 1 aliphatic heterocycles. The summed E-state index contributed by atoms with van der Waals surface area (Å²) < 4.78 is 0. The highest BCUT2D eigenvalue weighted by molar-refractivity contribution is 7.99. The van der Waals surface area contributed by atoms with Crippen LogP contribution in [0.2, 0.25) is 0 Å². The topological polar surface area (TPSA) is 75.4 Å². The number of hydrogen-bond acceptors (Lipinski definition) is 7. The van der Waals surface area contributed by atoms with E-state index in [4.69, 9.17) is 9.97 Å². The SMILES string of the molecule is CN1CCN(c2nc3c(c(Sc4cccc([N+](=O)[O-])c4)n2)CCCC3)CC1. The smallest absolute Gasteiger partial charge is 0.270 e. The molecule has 27 heavy (non-hydrogen) atoms. The monoisotopic (exact) mass is 385 g/mol. The van der Waals surface area contributed by atoms with Gasteiger partial charge in [0, 0.05) is 48.8 Å². The van der Waals surface area contributed by atoms with Crippen LogP contribution in [0, 0.1) is 10.1 Å². The zero-order valence-corrected chi connectivity index (χ0v) is 16.2. The van der Waals surface area contributed by atoms with Gasteiger partial charge < -0.3 is 9.80 Å². The molecule has 0 bridgehead atoms. The highest BCUT2D eigenvalue weighted by Crippen LogP contribution is 2.36. The van der Waals surface area contributed by atoms with Crippen molar-refractivity contribution in [3.63, 3.8) is 0 Å². The number of fused-ring (bicyclic) bond motifs is 1. The van der Waals surface area contributed by atoms with Crippen molar-refractivity contribution in [1.29, 1.82) is 0 Å². The molecule has 2 aliphatic rings. The summed E-state index contributed by atoms with van der Waals surface area (Å²) in [6.45, 7) is 3.87. The van der Waals surface area contributed by atoms with Gasteiger partial charge in [-0.15, -0.1) is 0 Å². The third-order valence-electron chi connectivity index (χ3n) is 5.16. The van der Waals surface area contributed by atoms with Gasteiger partial charge in [0.05, 0.1) is 10.6 Å². The van der Waals surface area contributed by atoms with Crippen molar-refractivity contribution in [2.24, 2.45) is 0 Å². The Morgan fingerprint density at radius 3 is 2.67 bits per heavy atom. The van der Waals surface area contributed by atoms with E-state index < -0.39 is 0 Å². The number of nitro groups is 1. The van der Waals surface area contributed by atoms with E-state index in [9.17, 15) is 10.1 Å². The Balaban J connectivity index is 1.67. The first-order valence-electron chi connectivity index (χ1n) is 9.36. The fraction of sp³-hybridized carbons (Fsp3) is 0.474. The molecule has 7 nitrogen and oxygen atoms in total. The lowest BCUT2D eigenvalue weighted by Gasteiger charge is -2.33. The summed E-state index contributed by atoms with van der Waals surface area (Å²) in [5.41, 5.74) is 2.48. The van der Waals surface area contributed by atoms with Crippen LogP contribution < -0.4 is 4.90 Å². The second kappa shape index (κ2) is 7.82. The van der Waals surface area contributed by atoms with E-state index >= 15 is 0 Å². The van der Waals surface area contributed by atoms with Crippen LogP contribution in [0.25, 0.3) is 0 Å². The second-order valence-corrected chi connectivity index (χ2v) is 8.17. The van der Waals surface area contributed by atoms with Crippen molar-refractivity contribution in [2.75, 3.05) is 38.1 Å². The Kier molecular flexibility index (Phi) is 5.27. The van der Waals surface area contributed by atoms with Gasteiger partial charge in [0.25, 0.3) is 5.69 Å². The third kappa shape index (κ3) is 4.06. The number of likely N-dealkylation sites (N-methyl/N-ethyl adjacent to an activating group) is 1. The molecule has 142 valence electrons. The zero-order chi connectivity index (χ0) is 18.8. The predicted octanol–water partition coefficient (Wildman–Crippen LogP) is 3.17. The fourth-order valence-electron chi connectivity index (χ4n) is 3.55. The van der Waals surface area contributed by atoms with E-state index in [-0.39, 0.29) is 10.6 Å². The Labute approximate surface area is 162 Å². The van der Waals surface area contributed by atoms with Crippen molar-refractivity contribution >= 4 is 23.4 Å².